The van der Waals surface area contributed by atoms with Gasteiger partial charge in [0.2, 0.25) is 0 Å². The molecule has 8 heteroatoms. The van der Waals surface area contributed by atoms with E-state index in [0.29, 0.717) is 32.4 Å². The van der Waals surface area contributed by atoms with Crippen LogP contribution in [0.1, 0.15) is 65.0 Å². The van der Waals surface area contributed by atoms with Crippen molar-refractivity contribution in [3.8, 4) is 0 Å². The quantitative estimate of drug-likeness (QED) is 0.324. The molecule has 3 rings (SSSR count). The van der Waals surface area contributed by atoms with E-state index in [4.69, 9.17) is 9.47 Å². The first-order valence-electron chi connectivity index (χ1n) is 14.1. The number of hydrogen-bond donors (Lipinski definition) is 1. The Bertz CT molecular complexity index is 1030. The van der Waals surface area contributed by atoms with Crippen LogP contribution in [-0.2, 0) is 14.3 Å². The summed E-state index contributed by atoms with van der Waals surface area (Å²) in [4.78, 5) is 33.9. The maximum Gasteiger partial charge on any atom is 0.410 e. The lowest BCUT2D eigenvalue weighted by Crippen LogP contribution is -2.50. The predicted molar refractivity (Wildman–Crippen MR) is 152 cm³/mol. The zero-order valence-corrected chi connectivity index (χ0v) is 24.1. The van der Waals surface area contributed by atoms with Crippen LogP contribution >= 0.6 is 0 Å². The zero-order chi connectivity index (χ0) is 28.4. The van der Waals surface area contributed by atoms with E-state index in [1.165, 1.54) is 0 Å². The van der Waals surface area contributed by atoms with E-state index < -0.39 is 23.9 Å². The summed E-state index contributed by atoms with van der Waals surface area (Å²) in [5.74, 6) is -0.312. The van der Waals surface area contributed by atoms with Gasteiger partial charge >= 0.3 is 12.1 Å². The maximum absolute atomic E-state index is 13.0. The summed E-state index contributed by atoms with van der Waals surface area (Å²) >= 11 is 0. The molecular formula is C31H45N3O5. The van der Waals surface area contributed by atoms with Crippen LogP contribution in [0.5, 0.6) is 0 Å². The van der Waals surface area contributed by atoms with Crippen molar-refractivity contribution in [3.63, 3.8) is 0 Å². The molecule has 3 heterocycles. The lowest BCUT2D eigenvalue weighted by molar-refractivity contribution is -0.149. The minimum absolute atomic E-state index is 0.143. The largest absolute Gasteiger partial charge is 0.457 e. The molecule has 0 unspecified atom stereocenters. The summed E-state index contributed by atoms with van der Waals surface area (Å²) in [5, 5.41) is 11.3. The topological polar surface area (TPSA) is 92.2 Å². The molecule has 1 N–H and O–H groups in total. The number of likely N-dealkylation sites (N-methyl/N-ethyl adjacent to an activating group) is 1. The number of allylic oxidation sites excluding steroid dienone is 3. The van der Waals surface area contributed by atoms with E-state index in [2.05, 4.69) is 22.9 Å². The van der Waals surface area contributed by atoms with E-state index >= 15 is 0 Å². The lowest BCUT2D eigenvalue weighted by Gasteiger charge is -2.36. The van der Waals surface area contributed by atoms with Crippen molar-refractivity contribution in [2.75, 3.05) is 33.2 Å². The molecule has 0 aromatic carbocycles. The van der Waals surface area contributed by atoms with Crippen molar-refractivity contribution in [3.05, 3.63) is 66.0 Å². The average Bonchev–Trinajstić information content (AvgIpc) is 2.91. The number of esters is 1. The Labute approximate surface area is 233 Å². The predicted octanol–water partition coefficient (Wildman–Crippen LogP) is 4.87. The van der Waals surface area contributed by atoms with E-state index in [1.54, 1.807) is 24.1 Å². The first-order valence-corrected chi connectivity index (χ1v) is 14.1. The molecule has 5 atom stereocenters. The van der Waals surface area contributed by atoms with Gasteiger partial charge in [-0.1, -0.05) is 44.2 Å². The van der Waals surface area contributed by atoms with Gasteiger partial charge < -0.3 is 24.4 Å². The molecule has 0 aliphatic carbocycles. The van der Waals surface area contributed by atoms with Crippen molar-refractivity contribution in [1.29, 1.82) is 0 Å². The van der Waals surface area contributed by atoms with Gasteiger partial charge in [-0.2, -0.15) is 0 Å². The minimum Gasteiger partial charge on any atom is -0.457 e. The number of rotatable bonds is 5. The monoisotopic (exact) mass is 539 g/mol. The highest BCUT2D eigenvalue weighted by Crippen LogP contribution is 2.27. The lowest BCUT2D eigenvalue weighted by atomic mass is 9.89. The highest BCUT2D eigenvalue weighted by Gasteiger charge is 2.35. The van der Waals surface area contributed by atoms with Gasteiger partial charge in [-0.15, -0.1) is 0 Å². The van der Waals surface area contributed by atoms with E-state index in [0.717, 1.165) is 24.4 Å². The highest BCUT2D eigenvalue weighted by atomic mass is 16.6. The summed E-state index contributed by atoms with van der Waals surface area (Å²) < 4.78 is 11.8. The van der Waals surface area contributed by atoms with Crippen LogP contribution in [0.25, 0.3) is 0 Å². The third kappa shape index (κ3) is 9.32. The summed E-state index contributed by atoms with van der Waals surface area (Å²) in [5.41, 5.74) is 0.629. The first kappa shape index (κ1) is 30.6. The molecule has 0 spiro atoms. The molecule has 214 valence electrons. The molecule has 2 aliphatic rings. The SMILES string of the molecule is C/C(=C\C=C\[C@@H](C)c1ccccn1)[C@H]1OC(=O)CCCC[C@@](C)(O)[C@@H](OC(=O)N2CCN(C)CC2)/C=C\[C@@H]1C. The van der Waals surface area contributed by atoms with Crippen molar-refractivity contribution < 1.29 is 24.2 Å². The first-order chi connectivity index (χ1) is 18.6. The van der Waals surface area contributed by atoms with E-state index in [9.17, 15) is 14.7 Å². The van der Waals surface area contributed by atoms with Gasteiger partial charge in [-0.05, 0) is 63.9 Å². The maximum atomic E-state index is 13.0. The number of amides is 1. The molecule has 1 fully saturated rings. The molecule has 1 aromatic heterocycles. The molecule has 0 radical (unpaired) electrons. The number of piperazine rings is 1. The Morgan fingerprint density at radius 2 is 1.97 bits per heavy atom. The van der Waals surface area contributed by atoms with Gasteiger partial charge in [0.05, 0.1) is 0 Å². The number of aromatic nitrogens is 1. The van der Waals surface area contributed by atoms with Gasteiger partial charge in [0.25, 0.3) is 0 Å². The fourth-order valence-corrected chi connectivity index (χ4v) is 4.85. The number of aliphatic hydroxyl groups is 1. The average molecular weight is 540 g/mol. The van der Waals surface area contributed by atoms with Gasteiger partial charge in [-0.3, -0.25) is 9.78 Å². The normalized spacial score (nSPS) is 29.7. The molecule has 0 bridgehead atoms. The van der Waals surface area contributed by atoms with E-state index in [-0.39, 0.29) is 24.2 Å². The van der Waals surface area contributed by atoms with Crippen LogP contribution < -0.4 is 0 Å². The zero-order valence-electron chi connectivity index (χ0n) is 24.1. The van der Waals surface area contributed by atoms with Gasteiger partial charge in [0, 0.05) is 56.3 Å². The summed E-state index contributed by atoms with van der Waals surface area (Å²) in [7, 11) is 2.03. The number of pyridine rings is 1. The fourth-order valence-electron chi connectivity index (χ4n) is 4.85. The molecular weight excluding hydrogens is 494 g/mol. The summed E-state index contributed by atoms with van der Waals surface area (Å²) in [6.45, 7) is 10.5. The fraction of sp³-hybridized carbons (Fsp3) is 0.581. The van der Waals surface area contributed by atoms with Crippen LogP contribution in [0.4, 0.5) is 4.79 Å². The van der Waals surface area contributed by atoms with Crippen LogP contribution in [0.3, 0.4) is 0 Å². The van der Waals surface area contributed by atoms with Crippen LogP contribution in [0, 0.1) is 5.92 Å². The summed E-state index contributed by atoms with van der Waals surface area (Å²) in [6.07, 6.45) is 11.6. The Kier molecular flexibility index (Phi) is 11.3. The highest BCUT2D eigenvalue weighted by molar-refractivity contribution is 5.70. The molecule has 8 nitrogen and oxygen atoms in total. The van der Waals surface area contributed by atoms with Gasteiger partial charge in [0.15, 0.2) is 6.10 Å². The van der Waals surface area contributed by atoms with Crippen molar-refractivity contribution in [2.45, 2.75) is 77.1 Å². The van der Waals surface area contributed by atoms with Crippen LogP contribution in [0.2, 0.25) is 0 Å². The Morgan fingerprint density at radius 3 is 2.67 bits per heavy atom. The molecule has 0 saturated carbocycles. The Morgan fingerprint density at radius 1 is 1.23 bits per heavy atom. The van der Waals surface area contributed by atoms with Crippen molar-refractivity contribution >= 4 is 12.1 Å². The Hall–Kier alpha value is -2.97. The van der Waals surface area contributed by atoms with Crippen LogP contribution in [0.15, 0.2) is 60.3 Å². The van der Waals surface area contributed by atoms with E-state index in [1.807, 2.05) is 57.3 Å². The second kappa shape index (κ2) is 14.4. The third-order valence-electron chi connectivity index (χ3n) is 7.60. The van der Waals surface area contributed by atoms with Crippen LogP contribution in [-0.4, -0.2) is 83.0 Å². The van der Waals surface area contributed by atoms with Gasteiger partial charge in [0.1, 0.15) is 11.7 Å². The molecule has 39 heavy (non-hydrogen) atoms. The Balaban J connectivity index is 1.77. The summed E-state index contributed by atoms with van der Waals surface area (Å²) in [6, 6.07) is 5.86. The third-order valence-corrected chi connectivity index (χ3v) is 7.60. The minimum atomic E-state index is -1.26. The number of nitrogens with zero attached hydrogens (tertiary/aromatic N) is 3. The molecule has 1 aromatic rings. The molecule has 1 saturated heterocycles. The number of cyclic esters (lactones) is 1. The smallest absolute Gasteiger partial charge is 0.410 e. The van der Waals surface area contributed by atoms with Crippen molar-refractivity contribution in [2.24, 2.45) is 5.92 Å². The van der Waals surface area contributed by atoms with Gasteiger partial charge in [-0.25, -0.2) is 4.79 Å². The number of hydrogen-bond acceptors (Lipinski definition) is 7. The number of ether oxygens (including phenoxy) is 2. The second-order valence-electron chi connectivity index (χ2n) is 11.2. The van der Waals surface area contributed by atoms with Crippen molar-refractivity contribution in [1.82, 2.24) is 14.8 Å². The number of carbonyl (C=O) groups is 2. The number of carbonyl (C=O) groups excluding carboxylic acids is 2. The second-order valence-corrected chi connectivity index (χ2v) is 11.2. The molecule has 1 amide bonds. The standard InChI is InChI=1S/C31H45N3O5/c1-23(26-13-7-9-18-32-26)11-10-12-24(2)29-25(3)15-16-27(31(4,37)17-8-6-14-28(35)39-29)38-30(36)34-21-19-33(5)20-22-34/h7,9-13,15-16,18,23,25,27,29,37H,6,8,14,17,19-22H2,1-5H3/b11-10+,16-15-,24-12+/t23-,25+,27+,29-,31-/m1/s1. The molecule has 2 aliphatic heterocycles.